The molecule has 6 rings (SSSR count). The molecule has 5 aliphatic rings. The number of phenols is 2. The highest BCUT2D eigenvalue weighted by molar-refractivity contribution is 5.94. The van der Waals surface area contributed by atoms with E-state index >= 15 is 4.39 Å². The zero-order chi connectivity index (χ0) is 43.3. The number of phenolic OH excluding ortho intramolecular Hbond substituents is 2. The molecule has 3 fully saturated rings. The average Bonchev–Trinajstić information content (AvgIpc) is 3.56. The van der Waals surface area contributed by atoms with E-state index in [1.165, 1.54) is 12.2 Å². The number of Topliss-reactive ketones (excluding diaryl/α,β-unsaturated/α-hetero) is 1. The van der Waals surface area contributed by atoms with Crippen LogP contribution in [0.4, 0.5) is 9.18 Å². The zero-order valence-electron chi connectivity index (χ0n) is 32.6. The highest BCUT2D eigenvalue weighted by atomic mass is 19.1. The van der Waals surface area contributed by atoms with Crippen LogP contribution in [0.5, 0.6) is 17.2 Å². The topological polar surface area (TPSA) is 280 Å². The van der Waals surface area contributed by atoms with Crippen LogP contribution >= 0.6 is 0 Å². The number of hydrogen-bond donors (Lipinski definition) is 3. The lowest BCUT2D eigenvalue weighted by Crippen LogP contribution is -2.69. The first-order valence-electron chi connectivity index (χ1n) is 18.9. The predicted molar refractivity (Wildman–Crippen MR) is 192 cm³/mol. The Kier molecular flexibility index (Phi) is 11.4. The van der Waals surface area contributed by atoms with Crippen molar-refractivity contribution >= 4 is 23.7 Å². The molecule has 0 radical (unpaired) electrons. The first kappa shape index (κ1) is 43.2. The molecule has 0 aromatic heterocycles. The minimum Gasteiger partial charge on any atom is -0.504 e. The van der Waals surface area contributed by atoms with Gasteiger partial charge >= 0.3 is 12.1 Å². The number of carbonyl (C=O) groups excluding carboxylic acids is 4. The van der Waals surface area contributed by atoms with Crippen LogP contribution < -0.4 is 4.74 Å². The largest absolute Gasteiger partial charge is 0.514 e. The Morgan fingerprint density at radius 2 is 1.78 bits per heavy atom. The molecule has 2 saturated carbocycles. The number of hydrogen-bond acceptors (Lipinski definition) is 18. The number of alkyl halides is 1. The summed E-state index contributed by atoms with van der Waals surface area (Å²) in [5.74, 6) is -7.23. The molecule has 1 aromatic rings. The van der Waals surface area contributed by atoms with Crippen LogP contribution in [0.2, 0.25) is 0 Å². The van der Waals surface area contributed by atoms with Gasteiger partial charge in [0.15, 0.2) is 40.9 Å². The Morgan fingerprint density at radius 3 is 2.47 bits per heavy atom. The van der Waals surface area contributed by atoms with E-state index in [9.17, 15) is 54.7 Å². The SMILES string of the molecule is CC1(C)O[C@@H]2CC3C4CC=C5CC(=O)C=C[C@]5(C)[C@@]4(F)[C@@H](O)C[C@]3(C)[C@]2(C(=O)COC(=O)Oc2cc(C(=O)OCCCCC(CO[N+](=O)[O-])O[N+](=O)[O-])cc(O)c2O)O1. The Labute approximate surface area is 335 Å². The summed E-state index contributed by atoms with van der Waals surface area (Å²) in [5.41, 5.74) is -6.31. The van der Waals surface area contributed by atoms with Crippen LogP contribution in [-0.4, -0.2) is 104 Å². The van der Waals surface area contributed by atoms with E-state index in [1.54, 1.807) is 27.7 Å². The van der Waals surface area contributed by atoms with E-state index < -0.39 is 117 Å². The summed E-state index contributed by atoms with van der Waals surface area (Å²) >= 11 is 0. The van der Waals surface area contributed by atoms with Crippen molar-refractivity contribution in [3.05, 3.63) is 61.7 Å². The van der Waals surface area contributed by atoms with Crippen molar-refractivity contribution in [3.63, 3.8) is 0 Å². The molecule has 20 nitrogen and oxygen atoms in total. The van der Waals surface area contributed by atoms with E-state index in [4.69, 9.17) is 23.7 Å². The summed E-state index contributed by atoms with van der Waals surface area (Å²) in [6.45, 7) is 4.69. The van der Waals surface area contributed by atoms with E-state index in [0.717, 1.165) is 12.1 Å². The van der Waals surface area contributed by atoms with Crippen molar-refractivity contribution in [1.82, 2.24) is 0 Å². The number of ketones is 2. The van der Waals surface area contributed by atoms with Crippen LogP contribution in [0, 0.1) is 42.9 Å². The highest BCUT2D eigenvalue weighted by Gasteiger charge is 2.80. The third-order valence-corrected chi connectivity index (χ3v) is 12.6. The van der Waals surface area contributed by atoms with E-state index in [1.807, 2.05) is 6.08 Å². The maximum absolute atomic E-state index is 17.7. The number of benzene rings is 1. The molecule has 1 aliphatic heterocycles. The summed E-state index contributed by atoms with van der Waals surface area (Å²) < 4.78 is 45.7. The van der Waals surface area contributed by atoms with Crippen molar-refractivity contribution in [2.24, 2.45) is 22.7 Å². The molecule has 3 unspecified atom stereocenters. The van der Waals surface area contributed by atoms with Gasteiger partial charge in [0, 0.05) is 23.2 Å². The summed E-state index contributed by atoms with van der Waals surface area (Å²) in [4.78, 5) is 81.8. The van der Waals surface area contributed by atoms with Gasteiger partial charge in [-0.3, -0.25) is 9.59 Å². The number of ether oxygens (including phenoxy) is 5. The van der Waals surface area contributed by atoms with Gasteiger partial charge in [-0.25, -0.2) is 14.0 Å². The van der Waals surface area contributed by atoms with Crippen molar-refractivity contribution in [1.29, 1.82) is 0 Å². The number of aromatic hydroxyl groups is 2. The Morgan fingerprint density at radius 1 is 1.05 bits per heavy atom. The first-order chi connectivity index (χ1) is 27.6. The van der Waals surface area contributed by atoms with Gasteiger partial charge in [0.2, 0.25) is 11.5 Å². The van der Waals surface area contributed by atoms with Crippen LogP contribution in [0.25, 0.3) is 0 Å². The van der Waals surface area contributed by atoms with E-state index in [0.29, 0.717) is 5.57 Å². The number of allylic oxidation sites excluding steroid dienone is 4. The third kappa shape index (κ3) is 7.54. The molecule has 1 saturated heterocycles. The lowest BCUT2D eigenvalue weighted by atomic mass is 9.45. The van der Waals surface area contributed by atoms with Gasteiger partial charge in [0.25, 0.3) is 10.2 Å². The standard InChI is InChI=1S/C38H45FN2O18/c1-34(2)57-30-16-25-24-9-8-21-15-22(42)10-11-35(21,3)37(24,39)28(44)17-36(25,4)38(30,59-34)29(45)19-54-33(48)56-27-14-20(13-26(43)31(27)46)32(47)53-12-6-5-7-23(58-41(51)52)18-55-40(49)50/h8,10-11,13-14,23-25,28,30,43-44,46H,5-7,9,12,15-19H2,1-4H3/t23?,24?,25?,28-,30+,35-,36-,37-,38+/m0/s1. The molecule has 21 heteroatoms. The number of carbonyl (C=O) groups is 4. The minimum atomic E-state index is -2.19. The van der Waals surface area contributed by atoms with Crippen molar-refractivity contribution in [3.8, 4) is 17.2 Å². The number of fused-ring (bicyclic) bond motifs is 7. The van der Waals surface area contributed by atoms with Crippen molar-refractivity contribution in [2.45, 2.75) is 108 Å². The van der Waals surface area contributed by atoms with Gasteiger partial charge in [-0.1, -0.05) is 24.6 Å². The predicted octanol–water partition coefficient (Wildman–Crippen LogP) is 4.17. The number of esters is 1. The number of aliphatic hydroxyl groups excluding tert-OH is 1. The minimum absolute atomic E-state index is 0.0349. The molecule has 9 atom stereocenters. The number of nitrogens with zero attached hydrogens (tertiary/aromatic N) is 2. The fraction of sp³-hybridized carbons (Fsp3) is 0.632. The molecule has 0 amide bonds. The number of unbranched alkanes of at least 4 members (excludes halogenated alkanes) is 1. The molecule has 0 spiro atoms. The van der Waals surface area contributed by atoms with Crippen LogP contribution in [0.15, 0.2) is 35.9 Å². The normalized spacial score (nSPS) is 32.9. The molecule has 3 N–H and O–H groups in total. The molecule has 1 aromatic carbocycles. The van der Waals surface area contributed by atoms with Crippen molar-refractivity contribution in [2.75, 3.05) is 19.8 Å². The molecule has 4 aliphatic carbocycles. The fourth-order valence-corrected chi connectivity index (χ4v) is 10.0. The fourth-order valence-electron chi connectivity index (χ4n) is 10.0. The summed E-state index contributed by atoms with van der Waals surface area (Å²) in [6.07, 6.45) is -0.227. The average molecular weight is 837 g/mol. The van der Waals surface area contributed by atoms with E-state index in [2.05, 4.69) is 9.68 Å². The Balaban J connectivity index is 1.11. The number of halogens is 1. The summed E-state index contributed by atoms with van der Waals surface area (Å²) in [6, 6.07) is 1.68. The van der Waals surface area contributed by atoms with Gasteiger partial charge in [-0.05, 0) is 83.4 Å². The van der Waals surface area contributed by atoms with Crippen LogP contribution in [0.3, 0.4) is 0 Å². The molecular formula is C38H45FN2O18. The second-order valence-corrected chi connectivity index (χ2v) is 16.4. The monoisotopic (exact) mass is 836 g/mol. The third-order valence-electron chi connectivity index (χ3n) is 12.6. The maximum atomic E-state index is 17.7. The lowest BCUT2D eigenvalue weighted by molar-refractivity contribution is -0.790. The molecule has 0 bridgehead atoms. The van der Waals surface area contributed by atoms with Gasteiger partial charge in [0.05, 0.1) is 24.4 Å². The van der Waals surface area contributed by atoms with Gasteiger partial charge < -0.3 is 48.7 Å². The van der Waals surface area contributed by atoms with Gasteiger partial charge in [0.1, 0.15) is 12.7 Å². The van der Waals surface area contributed by atoms with Crippen LogP contribution in [0.1, 0.15) is 83.0 Å². The number of aliphatic hydroxyl groups is 1. The maximum Gasteiger partial charge on any atom is 0.514 e. The highest BCUT2D eigenvalue weighted by Crippen LogP contribution is 2.72. The summed E-state index contributed by atoms with van der Waals surface area (Å²) in [7, 11) is 0. The lowest BCUT2D eigenvalue weighted by Gasteiger charge is -2.62. The number of rotatable bonds is 15. The molecular weight excluding hydrogens is 791 g/mol. The second-order valence-electron chi connectivity index (χ2n) is 16.4. The smallest absolute Gasteiger partial charge is 0.504 e. The Hall–Kier alpha value is -5.41. The zero-order valence-corrected chi connectivity index (χ0v) is 32.6. The van der Waals surface area contributed by atoms with Crippen LogP contribution in [-0.2, 0) is 38.2 Å². The van der Waals surface area contributed by atoms with Gasteiger partial charge in [-0.2, -0.15) is 0 Å². The molecule has 322 valence electrons. The quantitative estimate of drug-likeness (QED) is 0.0425. The summed E-state index contributed by atoms with van der Waals surface area (Å²) in [5, 5.41) is 51.2. The Bertz CT molecular complexity index is 1990. The van der Waals surface area contributed by atoms with Crippen molar-refractivity contribution < 1.29 is 82.4 Å². The van der Waals surface area contributed by atoms with E-state index in [-0.39, 0.29) is 62.9 Å². The molecule has 1 heterocycles. The molecule has 59 heavy (non-hydrogen) atoms. The second kappa shape index (κ2) is 15.6. The van der Waals surface area contributed by atoms with Gasteiger partial charge in [-0.15, -0.1) is 20.2 Å². The first-order valence-corrected chi connectivity index (χ1v) is 18.9.